The van der Waals surface area contributed by atoms with E-state index < -0.39 is 0 Å². The highest BCUT2D eigenvalue weighted by molar-refractivity contribution is 8.18. The van der Waals surface area contributed by atoms with Gasteiger partial charge in [0, 0.05) is 0 Å². The van der Waals surface area contributed by atoms with Crippen molar-refractivity contribution in [2.45, 2.75) is 13.2 Å². The molecule has 0 saturated carbocycles. The van der Waals surface area contributed by atoms with Crippen LogP contribution in [0.2, 0.25) is 10.0 Å². The zero-order valence-corrected chi connectivity index (χ0v) is 21.0. The molecule has 1 saturated heterocycles. The van der Waals surface area contributed by atoms with Gasteiger partial charge in [0.1, 0.15) is 12.4 Å². The van der Waals surface area contributed by atoms with Gasteiger partial charge in [0.25, 0.3) is 11.1 Å². The summed E-state index contributed by atoms with van der Waals surface area (Å²) in [5, 5.41) is 2.17. The number of imide groups is 1. The van der Waals surface area contributed by atoms with E-state index in [2.05, 4.69) is 0 Å². The average Bonchev–Trinajstić information content (AvgIpc) is 3.11. The lowest BCUT2D eigenvalue weighted by molar-refractivity contribution is -0.123. The topological polar surface area (TPSA) is 46.6 Å². The molecule has 4 aromatic carbocycles. The van der Waals surface area contributed by atoms with Crippen LogP contribution in [0, 0.1) is 5.82 Å². The molecule has 2 amide bonds. The quantitative estimate of drug-likeness (QED) is 0.233. The Balaban J connectivity index is 1.34. The fourth-order valence-electron chi connectivity index (χ4n) is 3.97. The van der Waals surface area contributed by atoms with Crippen molar-refractivity contribution in [2.24, 2.45) is 0 Å². The van der Waals surface area contributed by atoms with Gasteiger partial charge in [-0.3, -0.25) is 14.5 Å². The summed E-state index contributed by atoms with van der Waals surface area (Å²) >= 11 is 13.7. The third-order valence-corrected chi connectivity index (χ3v) is 7.14. The zero-order valence-electron chi connectivity index (χ0n) is 18.7. The molecule has 4 aromatic rings. The first-order valence-electron chi connectivity index (χ1n) is 11.0. The van der Waals surface area contributed by atoms with E-state index in [4.69, 9.17) is 27.9 Å². The summed E-state index contributed by atoms with van der Waals surface area (Å²) in [5.41, 5.74) is 2.08. The van der Waals surface area contributed by atoms with Crippen LogP contribution < -0.4 is 4.74 Å². The Bertz CT molecular complexity index is 1510. The first-order chi connectivity index (χ1) is 17.4. The van der Waals surface area contributed by atoms with Crippen LogP contribution >= 0.6 is 35.0 Å². The van der Waals surface area contributed by atoms with Crippen LogP contribution in [0.5, 0.6) is 5.75 Å². The first kappa shape index (κ1) is 24.4. The molecule has 0 unspecified atom stereocenters. The Labute approximate surface area is 221 Å². The summed E-state index contributed by atoms with van der Waals surface area (Å²) < 4.78 is 19.1. The minimum atomic E-state index is -0.378. The lowest BCUT2D eigenvalue weighted by atomic mass is 10.0. The van der Waals surface area contributed by atoms with Crippen LogP contribution in [0.25, 0.3) is 16.8 Å². The minimum absolute atomic E-state index is 0.0869. The van der Waals surface area contributed by atoms with Crippen LogP contribution in [0.3, 0.4) is 0 Å². The second-order valence-electron chi connectivity index (χ2n) is 8.14. The lowest BCUT2D eigenvalue weighted by Gasteiger charge is -2.14. The van der Waals surface area contributed by atoms with Crippen molar-refractivity contribution in [3.05, 3.63) is 116 Å². The number of halogens is 3. The molecule has 0 aromatic heterocycles. The standard InChI is InChI=1S/C28H18Cl2FNO3S/c29-23-12-18(13-24(30)26(23)35-16-17-5-3-9-21(31)11-17)14-25-27(33)32(28(34)36-25)15-20-8-4-7-19-6-1-2-10-22(19)20/h1-14H,15-16H2/b25-14+. The molecule has 0 spiro atoms. The number of benzene rings is 4. The number of ether oxygens (including phenoxy) is 1. The second kappa shape index (κ2) is 10.3. The van der Waals surface area contributed by atoms with Gasteiger partial charge in [-0.2, -0.15) is 0 Å². The average molecular weight is 538 g/mol. The molecule has 1 fully saturated rings. The Morgan fingerprint density at radius 1 is 0.917 bits per heavy atom. The Morgan fingerprint density at radius 3 is 2.42 bits per heavy atom. The molecule has 36 heavy (non-hydrogen) atoms. The number of hydrogen-bond donors (Lipinski definition) is 0. The summed E-state index contributed by atoms with van der Waals surface area (Å²) in [6.45, 7) is 0.265. The van der Waals surface area contributed by atoms with Gasteiger partial charge in [0.15, 0.2) is 5.75 Å². The normalized spacial score (nSPS) is 14.8. The number of nitrogens with zero attached hydrogens (tertiary/aromatic N) is 1. The monoisotopic (exact) mass is 537 g/mol. The first-order valence-corrected chi connectivity index (χ1v) is 12.5. The highest BCUT2D eigenvalue weighted by Crippen LogP contribution is 2.38. The van der Waals surface area contributed by atoms with Gasteiger partial charge in [-0.05, 0) is 69.6 Å². The largest absolute Gasteiger partial charge is 0.486 e. The van der Waals surface area contributed by atoms with Crippen molar-refractivity contribution in [2.75, 3.05) is 0 Å². The SMILES string of the molecule is O=C1S/C(=C/c2cc(Cl)c(OCc3cccc(F)c3)c(Cl)c2)C(=O)N1Cc1cccc2ccccc12. The van der Waals surface area contributed by atoms with E-state index in [-0.39, 0.29) is 50.8 Å². The van der Waals surface area contributed by atoms with E-state index in [0.717, 1.165) is 28.1 Å². The number of rotatable bonds is 6. The summed E-state index contributed by atoms with van der Waals surface area (Å²) in [6, 6.07) is 22.9. The summed E-state index contributed by atoms with van der Waals surface area (Å²) in [5.74, 6) is -0.488. The van der Waals surface area contributed by atoms with Crippen molar-refractivity contribution in [1.29, 1.82) is 0 Å². The van der Waals surface area contributed by atoms with Crippen LogP contribution in [-0.2, 0) is 17.9 Å². The fourth-order valence-corrected chi connectivity index (χ4v) is 5.42. The van der Waals surface area contributed by atoms with Crippen LogP contribution in [0.1, 0.15) is 16.7 Å². The Kier molecular flexibility index (Phi) is 7.01. The summed E-state index contributed by atoms with van der Waals surface area (Å²) in [6.07, 6.45) is 1.59. The van der Waals surface area contributed by atoms with E-state index in [0.29, 0.717) is 11.1 Å². The maximum absolute atomic E-state index is 13.4. The maximum Gasteiger partial charge on any atom is 0.293 e. The maximum atomic E-state index is 13.4. The van der Waals surface area contributed by atoms with Crippen LogP contribution in [0.4, 0.5) is 9.18 Å². The van der Waals surface area contributed by atoms with Gasteiger partial charge in [0.05, 0.1) is 21.5 Å². The number of carbonyl (C=O) groups excluding carboxylic acids is 2. The van der Waals surface area contributed by atoms with E-state index in [9.17, 15) is 14.0 Å². The van der Waals surface area contributed by atoms with Gasteiger partial charge in [-0.25, -0.2) is 4.39 Å². The summed E-state index contributed by atoms with van der Waals surface area (Å²) in [4.78, 5) is 27.3. The highest BCUT2D eigenvalue weighted by atomic mass is 35.5. The third kappa shape index (κ3) is 5.12. The smallest absolute Gasteiger partial charge is 0.293 e. The number of carbonyl (C=O) groups is 2. The van der Waals surface area contributed by atoms with Crippen LogP contribution in [0.15, 0.2) is 83.8 Å². The zero-order chi connectivity index (χ0) is 25.2. The molecule has 0 bridgehead atoms. The summed E-state index contributed by atoms with van der Waals surface area (Å²) in [7, 11) is 0. The molecular weight excluding hydrogens is 520 g/mol. The number of amides is 2. The number of hydrogen-bond acceptors (Lipinski definition) is 4. The molecule has 5 rings (SSSR count). The lowest BCUT2D eigenvalue weighted by Crippen LogP contribution is -2.27. The molecular formula is C28H18Cl2FNO3S. The Hall–Kier alpha value is -3.32. The van der Waals surface area contributed by atoms with E-state index >= 15 is 0 Å². The highest BCUT2D eigenvalue weighted by Gasteiger charge is 2.35. The molecule has 180 valence electrons. The van der Waals surface area contributed by atoms with Crippen molar-refractivity contribution in [3.8, 4) is 5.75 Å². The predicted octanol–water partition coefficient (Wildman–Crippen LogP) is 8.10. The van der Waals surface area contributed by atoms with Gasteiger partial charge in [-0.1, -0.05) is 77.8 Å². The molecule has 0 radical (unpaired) electrons. The van der Waals surface area contributed by atoms with Crippen molar-refractivity contribution in [1.82, 2.24) is 4.90 Å². The minimum Gasteiger partial charge on any atom is -0.486 e. The van der Waals surface area contributed by atoms with Crippen molar-refractivity contribution >= 4 is 63.0 Å². The second-order valence-corrected chi connectivity index (χ2v) is 9.95. The van der Waals surface area contributed by atoms with Crippen molar-refractivity contribution in [3.63, 3.8) is 0 Å². The molecule has 0 aliphatic carbocycles. The van der Waals surface area contributed by atoms with E-state index in [1.54, 1.807) is 30.3 Å². The number of fused-ring (bicyclic) bond motifs is 1. The predicted molar refractivity (Wildman–Crippen MR) is 143 cm³/mol. The number of thioether (sulfide) groups is 1. The van der Waals surface area contributed by atoms with Gasteiger partial charge in [0.2, 0.25) is 0 Å². The van der Waals surface area contributed by atoms with E-state index in [1.165, 1.54) is 17.0 Å². The molecule has 1 heterocycles. The molecule has 8 heteroatoms. The van der Waals surface area contributed by atoms with Gasteiger partial charge >= 0.3 is 0 Å². The molecule has 0 N–H and O–H groups in total. The molecule has 1 aliphatic heterocycles. The van der Waals surface area contributed by atoms with Gasteiger partial charge in [-0.15, -0.1) is 0 Å². The van der Waals surface area contributed by atoms with Gasteiger partial charge < -0.3 is 4.74 Å². The van der Waals surface area contributed by atoms with Crippen molar-refractivity contribution < 1.29 is 18.7 Å². The fraction of sp³-hybridized carbons (Fsp3) is 0.0714. The third-order valence-electron chi connectivity index (χ3n) is 5.67. The molecule has 1 aliphatic rings. The molecule has 0 atom stereocenters. The van der Waals surface area contributed by atoms with Crippen LogP contribution in [-0.4, -0.2) is 16.0 Å². The molecule has 4 nitrogen and oxygen atoms in total. The van der Waals surface area contributed by atoms with E-state index in [1.807, 2.05) is 42.5 Å². The Morgan fingerprint density at radius 2 is 1.64 bits per heavy atom.